The Labute approximate surface area is 63.9 Å². The van der Waals surface area contributed by atoms with Crippen LogP contribution in [0.25, 0.3) is 0 Å². The first kappa shape index (κ1) is 7.94. The van der Waals surface area contributed by atoms with E-state index in [1.807, 2.05) is 0 Å². The van der Waals surface area contributed by atoms with E-state index in [0.717, 1.165) is 12.0 Å². The average Bonchev–Trinajstić information content (AvgIpc) is 2.04. The zero-order valence-corrected chi connectivity index (χ0v) is 6.08. The van der Waals surface area contributed by atoms with Crippen LogP contribution in [0.3, 0.4) is 0 Å². The van der Waals surface area contributed by atoms with Gasteiger partial charge in [-0.3, -0.25) is 0 Å². The van der Waals surface area contributed by atoms with Crippen LogP contribution < -0.4 is 5.69 Å². The van der Waals surface area contributed by atoms with E-state index in [1.54, 1.807) is 6.20 Å². The van der Waals surface area contributed by atoms with Gasteiger partial charge in [-0.1, -0.05) is 0 Å². The third kappa shape index (κ3) is 2.51. The molecular formula is C7H10N2O2. The van der Waals surface area contributed by atoms with E-state index in [9.17, 15) is 4.79 Å². The predicted molar refractivity (Wildman–Crippen MR) is 40.3 cm³/mol. The number of aliphatic hydroxyl groups is 1. The molecule has 0 bridgehead atoms. The van der Waals surface area contributed by atoms with E-state index in [-0.39, 0.29) is 12.3 Å². The number of nitrogens with one attached hydrogen (secondary N) is 1. The second-order valence-electron chi connectivity index (χ2n) is 2.25. The lowest BCUT2D eigenvalue weighted by Crippen LogP contribution is -2.09. The molecule has 1 aromatic heterocycles. The molecule has 4 heteroatoms. The SMILES string of the molecule is O=c1ncc(CCCO)c[nH]1. The lowest BCUT2D eigenvalue weighted by molar-refractivity contribution is 0.288. The Bertz CT molecular complexity index is 249. The molecule has 0 atom stereocenters. The van der Waals surface area contributed by atoms with Gasteiger partial charge in [-0.05, 0) is 18.4 Å². The summed E-state index contributed by atoms with van der Waals surface area (Å²) < 4.78 is 0. The van der Waals surface area contributed by atoms with Gasteiger partial charge in [0, 0.05) is 19.0 Å². The monoisotopic (exact) mass is 154 g/mol. The second-order valence-corrected chi connectivity index (χ2v) is 2.25. The molecule has 0 radical (unpaired) electrons. The van der Waals surface area contributed by atoms with Crippen LogP contribution in [0.15, 0.2) is 17.2 Å². The Kier molecular flexibility index (Phi) is 2.80. The minimum atomic E-state index is -0.335. The molecule has 0 fully saturated rings. The fourth-order valence-electron chi connectivity index (χ4n) is 0.790. The van der Waals surface area contributed by atoms with Gasteiger partial charge in [0.1, 0.15) is 0 Å². The van der Waals surface area contributed by atoms with Crippen molar-refractivity contribution in [3.8, 4) is 0 Å². The van der Waals surface area contributed by atoms with Gasteiger partial charge in [0.15, 0.2) is 0 Å². The van der Waals surface area contributed by atoms with Crippen LogP contribution in [-0.2, 0) is 6.42 Å². The topological polar surface area (TPSA) is 66.0 Å². The van der Waals surface area contributed by atoms with Crippen molar-refractivity contribution < 1.29 is 5.11 Å². The Morgan fingerprint density at radius 1 is 1.64 bits per heavy atom. The molecule has 0 unspecified atom stereocenters. The summed E-state index contributed by atoms with van der Waals surface area (Å²) >= 11 is 0. The fraction of sp³-hybridized carbons (Fsp3) is 0.429. The Balaban J connectivity index is 2.59. The normalized spacial score (nSPS) is 9.91. The number of nitrogens with zero attached hydrogens (tertiary/aromatic N) is 1. The number of hydrogen-bond acceptors (Lipinski definition) is 3. The molecule has 4 nitrogen and oxygen atoms in total. The van der Waals surface area contributed by atoms with Crippen molar-refractivity contribution in [2.45, 2.75) is 12.8 Å². The maximum Gasteiger partial charge on any atom is 0.344 e. The van der Waals surface area contributed by atoms with Crippen molar-refractivity contribution in [3.63, 3.8) is 0 Å². The maximum atomic E-state index is 10.5. The third-order valence-corrected chi connectivity index (χ3v) is 1.35. The molecule has 0 saturated heterocycles. The molecule has 0 amide bonds. The average molecular weight is 154 g/mol. The minimum absolute atomic E-state index is 0.166. The van der Waals surface area contributed by atoms with Crippen LogP contribution in [0.1, 0.15) is 12.0 Å². The summed E-state index contributed by atoms with van der Waals surface area (Å²) in [6, 6.07) is 0. The zero-order chi connectivity index (χ0) is 8.10. The number of aryl methyl sites for hydroxylation is 1. The van der Waals surface area contributed by atoms with Crippen molar-refractivity contribution in [2.75, 3.05) is 6.61 Å². The molecule has 1 heterocycles. The lowest BCUT2D eigenvalue weighted by atomic mass is 10.2. The largest absolute Gasteiger partial charge is 0.396 e. The highest BCUT2D eigenvalue weighted by atomic mass is 16.2. The smallest absolute Gasteiger partial charge is 0.344 e. The van der Waals surface area contributed by atoms with Gasteiger partial charge in [0.2, 0.25) is 0 Å². The van der Waals surface area contributed by atoms with E-state index in [2.05, 4.69) is 9.97 Å². The molecule has 2 N–H and O–H groups in total. The summed E-state index contributed by atoms with van der Waals surface area (Å²) in [7, 11) is 0. The van der Waals surface area contributed by atoms with Gasteiger partial charge >= 0.3 is 5.69 Å². The van der Waals surface area contributed by atoms with E-state index >= 15 is 0 Å². The molecule has 0 aliphatic rings. The van der Waals surface area contributed by atoms with E-state index in [0.29, 0.717) is 6.42 Å². The van der Waals surface area contributed by atoms with E-state index in [1.165, 1.54) is 6.20 Å². The number of rotatable bonds is 3. The molecule has 0 aromatic carbocycles. The van der Waals surface area contributed by atoms with Crippen molar-refractivity contribution in [3.05, 3.63) is 28.4 Å². The second kappa shape index (κ2) is 3.88. The van der Waals surface area contributed by atoms with Gasteiger partial charge in [-0.15, -0.1) is 0 Å². The first-order chi connectivity index (χ1) is 5.33. The van der Waals surface area contributed by atoms with Crippen molar-refractivity contribution in [1.29, 1.82) is 0 Å². The molecule has 0 aliphatic heterocycles. The molecular weight excluding hydrogens is 144 g/mol. The summed E-state index contributed by atoms with van der Waals surface area (Å²) in [5.74, 6) is 0. The molecule has 1 rings (SSSR count). The van der Waals surface area contributed by atoms with Gasteiger partial charge < -0.3 is 10.1 Å². The lowest BCUT2D eigenvalue weighted by Gasteiger charge is -1.95. The minimum Gasteiger partial charge on any atom is -0.396 e. The highest BCUT2D eigenvalue weighted by molar-refractivity contribution is 5.01. The fourth-order valence-corrected chi connectivity index (χ4v) is 0.790. The quantitative estimate of drug-likeness (QED) is 0.627. The molecule has 0 spiro atoms. The highest BCUT2D eigenvalue weighted by Gasteiger charge is 1.91. The predicted octanol–water partition coefficient (Wildman–Crippen LogP) is -0.305. The highest BCUT2D eigenvalue weighted by Crippen LogP contribution is 1.95. The van der Waals surface area contributed by atoms with Crippen LogP contribution in [-0.4, -0.2) is 21.7 Å². The van der Waals surface area contributed by atoms with Crippen LogP contribution in [0.5, 0.6) is 0 Å². The third-order valence-electron chi connectivity index (χ3n) is 1.35. The maximum absolute atomic E-state index is 10.5. The first-order valence-corrected chi connectivity index (χ1v) is 3.47. The van der Waals surface area contributed by atoms with Crippen molar-refractivity contribution in [2.24, 2.45) is 0 Å². The zero-order valence-electron chi connectivity index (χ0n) is 6.08. The van der Waals surface area contributed by atoms with Crippen molar-refractivity contribution >= 4 is 0 Å². The summed E-state index contributed by atoms with van der Waals surface area (Å²) in [4.78, 5) is 16.5. The molecule has 0 saturated carbocycles. The first-order valence-electron chi connectivity index (χ1n) is 3.47. The number of aromatic nitrogens is 2. The molecule has 11 heavy (non-hydrogen) atoms. The van der Waals surface area contributed by atoms with Crippen LogP contribution in [0.2, 0.25) is 0 Å². The number of aromatic amines is 1. The summed E-state index contributed by atoms with van der Waals surface area (Å²) in [6.45, 7) is 0.166. The number of aliphatic hydroxyl groups excluding tert-OH is 1. The summed E-state index contributed by atoms with van der Waals surface area (Å²) in [6.07, 6.45) is 4.59. The van der Waals surface area contributed by atoms with Gasteiger partial charge in [0.25, 0.3) is 0 Å². The Morgan fingerprint density at radius 3 is 3.00 bits per heavy atom. The molecule has 1 aromatic rings. The number of H-pyrrole nitrogens is 1. The molecule has 0 aliphatic carbocycles. The van der Waals surface area contributed by atoms with Crippen LogP contribution in [0, 0.1) is 0 Å². The Morgan fingerprint density at radius 2 is 2.45 bits per heavy atom. The van der Waals surface area contributed by atoms with Gasteiger partial charge in [-0.2, -0.15) is 0 Å². The van der Waals surface area contributed by atoms with Crippen molar-refractivity contribution in [1.82, 2.24) is 9.97 Å². The standard InChI is InChI=1S/C7H10N2O2/c10-3-1-2-6-4-8-7(11)9-5-6/h4-5,10H,1-3H2,(H,8,9,11). The van der Waals surface area contributed by atoms with Crippen LogP contribution >= 0.6 is 0 Å². The number of hydrogen-bond donors (Lipinski definition) is 2. The van der Waals surface area contributed by atoms with Crippen LogP contribution in [0.4, 0.5) is 0 Å². The summed E-state index contributed by atoms with van der Waals surface area (Å²) in [5, 5.41) is 8.49. The van der Waals surface area contributed by atoms with Gasteiger partial charge in [-0.25, -0.2) is 9.78 Å². The van der Waals surface area contributed by atoms with Gasteiger partial charge in [0.05, 0.1) is 0 Å². The summed E-state index contributed by atoms with van der Waals surface area (Å²) in [5.41, 5.74) is 0.608. The Hall–Kier alpha value is -1.16. The van der Waals surface area contributed by atoms with E-state index < -0.39 is 0 Å². The molecule has 60 valence electrons. The van der Waals surface area contributed by atoms with E-state index in [4.69, 9.17) is 5.11 Å².